The van der Waals surface area contributed by atoms with E-state index in [1.807, 2.05) is 13.8 Å². The number of pyridine rings is 1. The zero-order valence-corrected chi connectivity index (χ0v) is 17.0. The van der Waals surface area contributed by atoms with Crippen LogP contribution in [-0.4, -0.2) is 53.2 Å². The average Bonchev–Trinajstić information content (AvgIpc) is 3.43. The highest BCUT2D eigenvalue weighted by Gasteiger charge is 2.29. The van der Waals surface area contributed by atoms with Crippen LogP contribution in [0, 0.1) is 0 Å². The van der Waals surface area contributed by atoms with Gasteiger partial charge in [-0.25, -0.2) is 9.67 Å². The van der Waals surface area contributed by atoms with Crippen molar-refractivity contribution in [2.24, 2.45) is 0 Å². The molecule has 0 saturated heterocycles. The minimum atomic E-state index is -0.253. The van der Waals surface area contributed by atoms with Crippen molar-refractivity contribution in [3.8, 4) is 0 Å². The van der Waals surface area contributed by atoms with Gasteiger partial charge in [0.05, 0.1) is 23.8 Å². The summed E-state index contributed by atoms with van der Waals surface area (Å²) >= 11 is 0. The molecule has 1 aliphatic rings. The number of hydrogen-bond acceptors (Lipinski definition) is 6. The molecule has 2 N–H and O–H groups in total. The molecule has 3 aromatic rings. The topological polar surface area (TPSA) is 122 Å². The summed E-state index contributed by atoms with van der Waals surface area (Å²) in [4.78, 5) is 35.7. The average molecular weight is 408 g/mol. The van der Waals surface area contributed by atoms with Gasteiger partial charge in [0.1, 0.15) is 12.2 Å². The highest BCUT2D eigenvalue weighted by molar-refractivity contribution is 5.95. The SMILES string of the molecule is CCC(NC(=O)c1n[nH]c2c1CCN(C(=O)c1cccnc1)C2)c1ncnn1CC. The number of carbonyl (C=O) groups excluding carboxylic acids is 2. The second kappa shape index (κ2) is 8.44. The maximum atomic E-state index is 12.9. The first-order valence-corrected chi connectivity index (χ1v) is 10.1. The fourth-order valence-electron chi connectivity index (χ4n) is 3.71. The van der Waals surface area contributed by atoms with E-state index >= 15 is 0 Å². The number of fused-ring (bicyclic) bond motifs is 1. The Morgan fingerprint density at radius 3 is 2.93 bits per heavy atom. The Morgan fingerprint density at radius 2 is 2.20 bits per heavy atom. The van der Waals surface area contributed by atoms with Gasteiger partial charge in [-0.15, -0.1) is 0 Å². The van der Waals surface area contributed by atoms with E-state index in [1.165, 1.54) is 6.33 Å². The second-order valence-corrected chi connectivity index (χ2v) is 7.12. The van der Waals surface area contributed by atoms with Crippen LogP contribution in [0.15, 0.2) is 30.9 Å². The van der Waals surface area contributed by atoms with Gasteiger partial charge < -0.3 is 10.2 Å². The molecular weight excluding hydrogens is 384 g/mol. The zero-order chi connectivity index (χ0) is 21.1. The Kier molecular flexibility index (Phi) is 5.55. The van der Waals surface area contributed by atoms with Gasteiger partial charge in [0.2, 0.25) is 0 Å². The lowest BCUT2D eigenvalue weighted by atomic mass is 10.0. The fourth-order valence-corrected chi connectivity index (χ4v) is 3.71. The van der Waals surface area contributed by atoms with E-state index in [1.54, 1.807) is 34.1 Å². The van der Waals surface area contributed by atoms with Crippen molar-refractivity contribution in [3.63, 3.8) is 0 Å². The molecule has 1 aliphatic heterocycles. The molecule has 0 saturated carbocycles. The molecular formula is C20H24N8O2. The van der Waals surface area contributed by atoms with Crippen molar-refractivity contribution >= 4 is 11.8 Å². The minimum Gasteiger partial charge on any atom is -0.341 e. The molecule has 2 amide bonds. The largest absolute Gasteiger partial charge is 0.341 e. The summed E-state index contributed by atoms with van der Waals surface area (Å²) in [6.45, 7) is 5.55. The van der Waals surface area contributed by atoms with Crippen LogP contribution >= 0.6 is 0 Å². The lowest BCUT2D eigenvalue weighted by Crippen LogP contribution is -2.37. The van der Waals surface area contributed by atoms with E-state index in [4.69, 9.17) is 0 Å². The number of H-pyrrole nitrogens is 1. The third-order valence-corrected chi connectivity index (χ3v) is 5.31. The molecule has 4 rings (SSSR count). The predicted octanol–water partition coefficient (Wildman–Crippen LogP) is 1.50. The number of amides is 2. The van der Waals surface area contributed by atoms with Gasteiger partial charge >= 0.3 is 0 Å². The molecule has 10 heteroatoms. The molecule has 1 unspecified atom stereocenters. The first-order chi connectivity index (χ1) is 14.6. The Bertz CT molecular complexity index is 1040. The van der Waals surface area contributed by atoms with Crippen LogP contribution in [0.1, 0.15) is 64.2 Å². The maximum Gasteiger partial charge on any atom is 0.272 e. The van der Waals surface area contributed by atoms with E-state index in [2.05, 4.69) is 30.6 Å². The van der Waals surface area contributed by atoms with Gasteiger partial charge in [0.15, 0.2) is 5.69 Å². The van der Waals surface area contributed by atoms with Crippen molar-refractivity contribution < 1.29 is 9.59 Å². The molecule has 1 atom stereocenters. The molecule has 0 spiro atoms. The molecule has 30 heavy (non-hydrogen) atoms. The smallest absolute Gasteiger partial charge is 0.272 e. The standard InChI is InChI=1S/C20H24N8O2/c1-3-15(18-22-12-23-28(18)4-2)24-19(29)17-14-7-9-27(11-16(14)25-26-17)20(30)13-6-5-8-21-10-13/h5-6,8,10,12,15H,3-4,7,9,11H2,1-2H3,(H,24,29)(H,25,26). The lowest BCUT2D eigenvalue weighted by molar-refractivity contribution is 0.0732. The number of nitrogens with zero attached hydrogens (tertiary/aromatic N) is 6. The van der Waals surface area contributed by atoms with Crippen LogP contribution in [0.4, 0.5) is 0 Å². The third kappa shape index (κ3) is 3.68. The Labute approximate surface area is 173 Å². The normalized spacial score (nSPS) is 14.3. The fraction of sp³-hybridized carbons (Fsp3) is 0.400. The Morgan fingerprint density at radius 1 is 1.33 bits per heavy atom. The van der Waals surface area contributed by atoms with Gasteiger partial charge in [-0.1, -0.05) is 6.92 Å². The molecule has 0 fully saturated rings. The second-order valence-electron chi connectivity index (χ2n) is 7.12. The van der Waals surface area contributed by atoms with Gasteiger partial charge in [-0.3, -0.25) is 19.7 Å². The molecule has 0 aliphatic carbocycles. The number of aromatic amines is 1. The summed E-state index contributed by atoms with van der Waals surface area (Å²) in [5, 5.41) is 14.4. The van der Waals surface area contributed by atoms with Crippen LogP contribution in [0.2, 0.25) is 0 Å². The van der Waals surface area contributed by atoms with Crippen molar-refractivity contribution in [2.45, 2.75) is 45.8 Å². The molecule has 3 aromatic heterocycles. The molecule has 0 aromatic carbocycles. The Hall–Kier alpha value is -3.56. The molecule has 0 radical (unpaired) electrons. The molecule has 156 valence electrons. The third-order valence-electron chi connectivity index (χ3n) is 5.31. The van der Waals surface area contributed by atoms with Gasteiger partial charge in [0.25, 0.3) is 11.8 Å². The summed E-state index contributed by atoms with van der Waals surface area (Å²) in [5.41, 5.74) is 2.56. The number of carbonyl (C=O) groups is 2. The molecule has 0 bridgehead atoms. The lowest BCUT2D eigenvalue weighted by Gasteiger charge is -2.27. The molecule has 10 nitrogen and oxygen atoms in total. The number of aryl methyl sites for hydroxylation is 1. The summed E-state index contributed by atoms with van der Waals surface area (Å²) in [7, 11) is 0. The van der Waals surface area contributed by atoms with Crippen LogP contribution in [0.25, 0.3) is 0 Å². The van der Waals surface area contributed by atoms with Gasteiger partial charge in [0, 0.05) is 31.0 Å². The number of rotatable bonds is 6. The van der Waals surface area contributed by atoms with Crippen molar-refractivity contribution in [1.29, 1.82) is 0 Å². The predicted molar refractivity (Wildman–Crippen MR) is 107 cm³/mol. The van der Waals surface area contributed by atoms with Crippen LogP contribution in [-0.2, 0) is 19.5 Å². The molecule has 4 heterocycles. The summed E-state index contributed by atoms with van der Waals surface area (Å²) in [5.74, 6) is 0.391. The summed E-state index contributed by atoms with van der Waals surface area (Å²) in [6, 6.07) is 3.24. The summed E-state index contributed by atoms with van der Waals surface area (Å²) < 4.78 is 1.77. The number of nitrogens with one attached hydrogen (secondary N) is 2. The van der Waals surface area contributed by atoms with Crippen molar-refractivity contribution in [2.75, 3.05) is 6.54 Å². The van der Waals surface area contributed by atoms with Gasteiger partial charge in [-0.2, -0.15) is 10.2 Å². The first-order valence-electron chi connectivity index (χ1n) is 10.1. The van der Waals surface area contributed by atoms with Crippen molar-refractivity contribution in [1.82, 2.24) is 40.2 Å². The van der Waals surface area contributed by atoms with E-state index in [9.17, 15) is 9.59 Å². The monoisotopic (exact) mass is 408 g/mol. The van der Waals surface area contributed by atoms with E-state index in [0.29, 0.717) is 43.7 Å². The Balaban J connectivity index is 1.48. The first kappa shape index (κ1) is 19.7. The van der Waals surface area contributed by atoms with Gasteiger partial charge in [-0.05, 0) is 31.9 Å². The highest BCUT2D eigenvalue weighted by Crippen LogP contribution is 2.23. The maximum absolute atomic E-state index is 12.9. The highest BCUT2D eigenvalue weighted by atomic mass is 16.2. The number of hydrogen-bond donors (Lipinski definition) is 2. The van der Waals surface area contributed by atoms with E-state index in [-0.39, 0.29) is 17.9 Å². The quantitative estimate of drug-likeness (QED) is 0.637. The van der Waals surface area contributed by atoms with Crippen LogP contribution < -0.4 is 5.32 Å². The van der Waals surface area contributed by atoms with Crippen LogP contribution in [0.5, 0.6) is 0 Å². The summed E-state index contributed by atoms with van der Waals surface area (Å²) in [6.07, 6.45) is 5.94. The zero-order valence-electron chi connectivity index (χ0n) is 17.0. The van der Waals surface area contributed by atoms with E-state index < -0.39 is 0 Å². The number of aromatic nitrogens is 6. The van der Waals surface area contributed by atoms with Crippen molar-refractivity contribution in [3.05, 3.63) is 59.2 Å². The van der Waals surface area contributed by atoms with Crippen LogP contribution in [0.3, 0.4) is 0 Å². The minimum absolute atomic E-state index is 0.0840. The van der Waals surface area contributed by atoms with E-state index in [0.717, 1.165) is 17.1 Å².